The van der Waals surface area contributed by atoms with Gasteiger partial charge in [-0.3, -0.25) is 9.59 Å². The zero-order valence-electron chi connectivity index (χ0n) is 8.31. The van der Waals surface area contributed by atoms with Crippen molar-refractivity contribution in [2.45, 2.75) is 25.8 Å². The van der Waals surface area contributed by atoms with Crippen LogP contribution in [0.5, 0.6) is 0 Å². The Kier molecular flexibility index (Phi) is 4.40. The molecule has 0 aromatic heterocycles. The van der Waals surface area contributed by atoms with Crippen LogP contribution in [-0.2, 0) is 9.59 Å². The van der Waals surface area contributed by atoms with Crippen LogP contribution in [0.2, 0.25) is 0 Å². The van der Waals surface area contributed by atoms with Crippen LogP contribution in [0.4, 0.5) is 0 Å². The van der Waals surface area contributed by atoms with Gasteiger partial charge in [-0.25, -0.2) is 0 Å². The summed E-state index contributed by atoms with van der Waals surface area (Å²) in [5.74, 6) is -0.719. The second kappa shape index (κ2) is 4.81. The molecular weight excluding hydrogens is 170 g/mol. The lowest BCUT2D eigenvalue weighted by Gasteiger charge is -2.22. The van der Waals surface area contributed by atoms with Gasteiger partial charge < -0.3 is 16.4 Å². The van der Waals surface area contributed by atoms with E-state index < -0.39 is 11.4 Å². The number of hydrogen-bond acceptors (Lipinski definition) is 3. The summed E-state index contributed by atoms with van der Waals surface area (Å²) in [5.41, 5.74) is 4.11. The molecule has 0 unspecified atom stereocenters. The molecule has 0 aliphatic carbocycles. The van der Waals surface area contributed by atoms with E-state index in [9.17, 15) is 9.59 Å². The van der Waals surface area contributed by atoms with Gasteiger partial charge in [0, 0.05) is 13.0 Å². The minimum absolute atomic E-state index is 0.182. The Bertz CT molecular complexity index is 202. The van der Waals surface area contributed by atoms with Crippen LogP contribution in [0, 0.1) is 0 Å². The Morgan fingerprint density at radius 2 is 1.92 bits per heavy atom. The van der Waals surface area contributed by atoms with Gasteiger partial charge in [0.1, 0.15) is 5.54 Å². The zero-order chi connectivity index (χ0) is 10.5. The molecule has 0 aliphatic rings. The number of carbonyl (C=O) groups is 2. The van der Waals surface area contributed by atoms with Crippen molar-refractivity contribution < 1.29 is 9.59 Å². The molecule has 0 atom stereocenters. The SMILES string of the molecule is CNCCC(=O)NC(C)(C)C(N)=O. The van der Waals surface area contributed by atoms with Crippen molar-refractivity contribution in [1.82, 2.24) is 10.6 Å². The topological polar surface area (TPSA) is 84.2 Å². The van der Waals surface area contributed by atoms with Crippen molar-refractivity contribution in [3.63, 3.8) is 0 Å². The highest BCUT2D eigenvalue weighted by Crippen LogP contribution is 2.00. The summed E-state index contributed by atoms with van der Waals surface area (Å²) in [4.78, 5) is 22.0. The third-order valence-electron chi connectivity index (χ3n) is 1.67. The van der Waals surface area contributed by atoms with Crippen molar-refractivity contribution in [2.24, 2.45) is 5.73 Å². The monoisotopic (exact) mass is 187 g/mol. The van der Waals surface area contributed by atoms with Crippen LogP contribution in [0.1, 0.15) is 20.3 Å². The Morgan fingerprint density at radius 3 is 2.31 bits per heavy atom. The lowest BCUT2D eigenvalue weighted by molar-refractivity contribution is -0.130. The third kappa shape index (κ3) is 4.47. The molecule has 0 saturated carbocycles. The molecule has 4 N–H and O–H groups in total. The normalized spacial score (nSPS) is 11.0. The molecule has 0 radical (unpaired) electrons. The molecule has 0 spiro atoms. The Morgan fingerprint density at radius 1 is 1.38 bits per heavy atom. The van der Waals surface area contributed by atoms with Crippen LogP contribution in [-0.4, -0.2) is 30.9 Å². The maximum atomic E-state index is 11.2. The predicted molar refractivity (Wildman–Crippen MR) is 50.0 cm³/mol. The molecule has 0 aromatic rings. The first kappa shape index (κ1) is 11.9. The molecule has 13 heavy (non-hydrogen) atoms. The summed E-state index contributed by atoms with van der Waals surface area (Å²) in [7, 11) is 1.76. The zero-order valence-corrected chi connectivity index (χ0v) is 8.31. The number of hydrogen-bond donors (Lipinski definition) is 3. The molecule has 0 fully saturated rings. The Hall–Kier alpha value is -1.10. The number of rotatable bonds is 5. The summed E-state index contributed by atoms with van der Waals surface area (Å²) in [6, 6.07) is 0. The number of carbonyl (C=O) groups excluding carboxylic acids is 2. The van der Waals surface area contributed by atoms with Gasteiger partial charge in [0.2, 0.25) is 11.8 Å². The Balaban J connectivity index is 3.97. The third-order valence-corrected chi connectivity index (χ3v) is 1.67. The van der Waals surface area contributed by atoms with E-state index in [0.29, 0.717) is 13.0 Å². The molecular formula is C8H17N3O2. The molecule has 0 bridgehead atoms. The van der Waals surface area contributed by atoms with E-state index in [2.05, 4.69) is 10.6 Å². The molecule has 5 nitrogen and oxygen atoms in total. The van der Waals surface area contributed by atoms with E-state index in [-0.39, 0.29) is 5.91 Å². The second-order valence-corrected chi connectivity index (χ2v) is 3.39. The summed E-state index contributed by atoms with van der Waals surface area (Å²) in [6.45, 7) is 3.74. The number of nitrogens with two attached hydrogens (primary N) is 1. The number of nitrogens with one attached hydrogen (secondary N) is 2. The highest BCUT2D eigenvalue weighted by atomic mass is 16.2. The maximum absolute atomic E-state index is 11.2. The largest absolute Gasteiger partial charge is 0.368 e. The number of primary amides is 1. The minimum atomic E-state index is -0.967. The van der Waals surface area contributed by atoms with Crippen LogP contribution >= 0.6 is 0 Å². The first-order valence-corrected chi connectivity index (χ1v) is 4.15. The average molecular weight is 187 g/mol. The lowest BCUT2D eigenvalue weighted by atomic mass is 10.1. The van der Waals surface area contributed by atoms with Crippen LogP contribution in [0.25, 0.3) is 0 Å². The van der Waals surface area contributed by atoms with Crippen molar-refractivity contribution >= 4 is 11.8 Å². The molecule has 76 valence electrons. The van der Waals surface area contributed by atoms with Gasteiger partial charge in [0.05, 0.1) is 0 Å². The molecule has 0 aromatic carbocycles. The molecule has 0 rings (SSSR count). The van der Waals surface area contributed by atoms with Crippen LogP contribution < -0.4 is 16.4 Å². The van der Waals surface area contributed by atoms with Crippen molar-refractivity contribution in [3.05, 3.63) is 0 Å². The van der Waals surface area contributed by atoms with Gasteiger partial charge in [0.15, 0.2) is 0 Å². The predicted octanol–water partition coefficient (Wildman–Crippen LogP) is -1.02. The first-order valence-electron chi connectivity index (χ1n) is 4.15. The van der Waals surface area contributed by atoms with Gasteiger partial charge in [-0.05, 0) is 20.9 Å². The Labute approximate surface area is 78.1 Å². The van der Waals surface area contributed by atoms with Gasteiger partial charge >= 0.3 is 0 Å². The van der Waals surface area contributed by atoms with Gasteiger partial charge in [0.25, 0.3) is 0 Å². The highest BCUT2D eigenvalue weighted by Gasteiger charge is 2.26. The van der Waals surface area contributed by atoms with E-state index in [1.807, 2.05) is 0 Å². The van der Waals surface area contributed by atoms with Crippen LogP contribution in [0.3, 0.4) is 0 Å². The minimum Gasteiger partial charge on any atom is -0.368 e. The van der Waals surface area contributed by atoms with Gasteiger partial charge in [-0.2, -0.15) is 0 Å². The summed E-state index contributed by atoms with van der Waals surface area (Å²) < 4.78 is 0. The van der Waals surface area contributed by atoms with E-state index in [1.54, 1.807) is 20.9 Å². The van der Waals surface area contributed by atoms with Crippen molar-refractivity contribution in [1.29, 1.82) is 0 Å². The van der Waals surface area contributed by atoms with E-state index in [4.69, 9.17) is 5.73 Å². The summed E-state index contributed by atoms with van der Waals surface area (Å²) >= 11 is 0. The highest BCUT2D eigenvalue weighted by molar-refractivity contribution is 5.89. The fourth-order valence-electron chi connectivity index (χ4n) is 0.711. The summed E-state index contributed by atoms with van der Waals surface area (Å²) in [6.07, 6.45) is 0.340. The maximum Gasteiger partial charge on any atom is 0.242 e. The quantitative estimate of drug-likeness (QED) is 0.515. The van der Waals surface area contributed by atoms with E-state index >= 15 is 0 Å². The smallest absolute Gasteiger partial charge is 0.242 e. The number of amides is 2. The summed E-state index contributed by atoms with van der Waals surface area (Å²) in [5, 5.41) is 5.37. The molecule has 5 heteroatoms. The van der Waals surface area contributed by atoms with E-state index in [1.165, 1.54) is 0 Å². The molecule has 0 heterocycles. The van der Waals surface area contributed by atoms with E-state index in [0.717, 1.165) is 0 Å². The second-order valence-electron chi connectivity index (χ2n) is 3.39. The van der Waals surface area contributed by atoms with Gasteiger partial charge in [-0.1, -0.05) is 0 Å². The molecule has 0 aliphatic heterocycles. The van der Waals surface area contributed by atoms with Crippen LogP contribution in [0.15, 0.2) is 0 Å². The molecule has 2 amide bonds. The van der Waals surface area contributed by atoms with Crippen molar-refractivity contribution in [3.8, 4) is 0 Å². The molecule has 0 saturated heterocycles. The fourth-order valence-corrected chi connectivity index (χ4v) is 0.711. The average Bonchev–Trinajstić information content (AvgIpc) is 1.99. The lowest BCUT2D eigenvalue weighted by Crippen LogP contribution is -2.53. The van der Waals surface area contributed by atoms with Crippen molar-refractivity contribution in [2.75, 3.05) is 13.6 Å². The standard InChI is InChI=1S/C8H17N3O2/c1-8(2,7(9)13)11-6(12)4-5-10-3/h10H,4-5H2,1-3H3,(H2,9,13)(H,11,12). The first-order chi connectivity index (χ1) is 5.90. The van der Waals surface area contributed by atoms with Gasteiger partial charge in [-0.15, -0.1) is 0 Å². The fraction of sp³-hybridized carbons (Fsp3) is 0.750.